The molecule has 1 atom stereocenters. The van der Waals surface area contributed by atoms with E-state index in [1.807, 2.05) is 6.26 Å². The van der Waals surface area contributed by atoms with Gasteiger partial charge in [0.05, 0.1) is 24.3 Å². The molecule has 7 nitrogen and oxygen atoms in total. The molecule has 1 aromatic rings. The fourth-order valence-electron chi connectivity index (χ4n) is 1.47. The van der Waals surface area contributed by atoms with Gasteiger partial charge in [-0.1, -0.05) is 0 Å². The second-order valence-electron chi connectivity index (χ2n) is 4.15. The number of aromatic nitrogens is 2. The minimum Gasteiger partial charge on any atom is -0.349 e. The van der Waals surface area contributed by atoms with Gasteiger partial charge in [0.25, 0.3) is 0 Å². The molecule has 1 aromatic heterocycles. The van der Waals surface area contributed by atoms with Gasteiger partial charge in [-0.2, -0.15) is 11.8 Å². The van der Waals surface area contributed by atoms with Crippen molar-refractivity contribution in [2.24, 2.45) is 0 Å². The zero-order chi connectivity index (χ0) is 15.0. The third kappa shape index (κ3) is 5.93. The maximum atomic E-state index is 12.1. The summed E-state index contributed by atoms with van der Waals surface area (Å²) in [7, 11) is -3.41. The van der Waals surface area contributed by atoms with Gasteiger partial charge in [-0.05, 0) is 25.4 Å². The number of nitrogens with zero attached hydrogens (tertiary/aromatic N) is 1. The van der Waals surface area contributed by atoms with E-state index in [9.17, 15) is 13.2 Å². The van der Waals surface area contributed by atoms with Gasteiger partial charge in [0, 0.05) is 6.20 Å². The van der Waals surface area contributed by atoms with Crippen LogP contribution in [0.25, 0.3) is 0 Å². The molecule has 0 aromatic carbocycles. The van der Waals surface area contributed by atoms with Crippen LogP contribution in [0, 0.1) is 0 Å². The van der Waals surface area contributed by atoms with E-state index in [-0.39, 0.29) is 11.7 Å². The summed E-state index contributed by atoms with van der Waals surface area (Å²) < 4.78 is 25.6. The van der Waals surface area contributed by atoms with E-state index in [1.165, 1.54) is 13.3 Å². The average Bonchev–Trinajstić information content (AvgIpc) is 2.94. The molecule has 0 saturated heterocycles. The van der Waals surface area contributed by atoms with Gasteiger partial charge in [0.15, 0.2) is 0 Å². The largest absolute Gasteiger partial charge is 0.349 e. The maximum absolute atomic E-state index is 12.1. The van der Waals surface area contributed by atoms with Crippen LogP contribution in [0.5, 0.6) is 0 Å². The summed E-state index contributed by atoms with van der Waals surface area (Å²) >= 11 is 1.57. The molecule has 0 fully saturated rings. The lowest BCUT2D eigenvalue weighted by Gasteiger charge is -2.17. The molecule has 3 N–H and O–H groups in total. The molecule has 0 aliphatic carbocycles. The third-order valence-electron chi connectivity index (χ3n) is 2.64. The van der Waals surface area contributed by atoms with Crippen molar-refractivity contribution in [3.63, 3.8) is 0 Å². The number of rotatable bonds is 9. The van der Waals surface area contributed by atoms with Crippen LogP contribution in [0.1, 0.15) is 19.0 Å². The fraction of sp³-hybridized carbons (Fsp3) is 0.636. The summed E-state index contributed by atoms with van der Waals surface area (Å²) in [6, 6.07) is -0.740. The third-order valence-corrected chi connectivity index (χ3v) is 4.68. The van der Waals surface area contributed by atoms with Crippen LogP contribution in [0.3, 0.4) is 0 Å². The molecule has 0 bridgehead atoms. The lowest BCUT2D eigenvalue weighted by molar-refractivity contribution is -0.122. The van der Waals surface area contributed by atoms with E-state index in [4.69, 9.17) is 0 Å². The number of imidazole rings is 1. The number of thioether (sulfide) groups is 1. The van der Waals surface area contributed by atoms with E-state index in [0.29, 0.717) is 18.7 Å². The number of amides is 1. The Hall–Kier alpha value is -1.06. The zero-order valence-corrected chi connectivity index (χ0v) is 13.2. The van der Waals surface area contributed by atoms with Gasteiger partial charge in [0.1, 0.15) is 6.04 Å². The standard InChI is InChI=1S/C11H20N4O3S2/c1-3-20(17,18)15-10(4-5-19-2)11(16)13-7-9-6-12-8-14-9/h6,8,10,15H,3-5,7H2,1-2H3,(H,12,14)(H,13,16). The van der Waals surface area contributed by atoms with Crippen LogP contribution < -0.4 is 10.0 Å². The highest BCUT2D eigenvalue weighted by Gasteiger charge is 2.22. The molecule has 1 rings (SSSR count). The zero-order valence-electron chi connectivity index (χ0n) is 11.5. The molecular weight excluding hydrogens is 300 g/mol. The Labute approximate surface area is 123 Å². The number of aromatic amines is 1. The van der Waals surface area contributed by atoms with Crippen LogP contribution in [-0.2, 0) is 21.4 Å². The minimum absolute atomic E-state index is 0.0450. The Kier molecular flexibility index (Phi) is 7.03. The number of carbonyl (C=O) groups excluding carboxylic acids is 1. The van der Waals surface area contributed by atoms with Crippen LogP contribution in [0.4, 0.5) is 0 Å². The first-order valence-electron chi connectivity index (χ1n) is 6.22. The normalized spacial score (nSPS) is 13.1. The number of hydrogen-bond acceptors (Lipinski definition) is 5. The summed E-state index contributed by atoms with van der Waals surface area (Å²) in [5.41, 5.74) is 0.764. The highest BCUT2D eigenvalue weighted by Crippen LogP contribution is 2.03. The van der Waals surface area contributed by atoms with E-state index in [0.717, 1.165) is 5.69 Å². The van der Waals surface area contributed by atoms with E-state index >= 15 is 0 Å². The van der Waals surface area contributed by atoms with Crippen LogP contribution >= 0.6 is 11.8 Å². The fourth-order valence-corrected chi connectivity index (χ4v) is 2.76. The molecule has 114 valence electrons. The molecule has 1 unspecified atom stereocenters. The van der Waals surface area contributed by atoms with Crippen molar-refractivity contribution in [2.45, 2.75) is 25.9 Å². The Balaban J connectivity index is 2.59. The summed E-state index contributed by atoms with van der Waals surface area (Å²) in [5, 5.41) is 2.69. The van der Waals surface area contributed by atoms with Crippen molar-refractivity contribution in [2.75, 3.05) is 17.8 Å². The molecule has 1 heterocycles. The summed E-state index contributed by atoms with van der Waals surface area (Å²) in [6.45, 7) is 1.83. The maximum Gasteiger partial charge on any atom is 0.238 e. The smallest absolute Gasteiger partial charge is 0.238 e. The number of carbonyl (C=O) groups is 1. The number of sulfonamides is 1. The summed E-state index contributed by atoms with van der Waals surface area (Å²) in [5.74, 6) is 0.330. The number of hydrogen-bond donors (Lipinski definition) is 3. The van der Waals surface area contributed by atoms with E-state index in [1.54, 1.807) is 18.0 Å². The molecule has 1 amide bonds. The second kappa shape index (κ2) is 8.28. The van der Waals surface area contributed by atoms with Gasteiger partial charge in [0.2, 0.25) is 15.9 Å². The summed E-state index contributed by atoms with van der Waals surface area (Å²) in [4.78, 5) is 18.8. The van der Waals surface area contributed by atoms with Gasteiger partial charge in [-0.15, -0.1) is 0 Å². The van der Waals surface area contributed by atoms with Crippen molar-refractivity contribution in [1.82, 2.24) is 20.0 Å². The lowest BCUT2D eigenvalue weighted by Crippen LogP contribution is -2.47. The van der Waals surface area contributed by atoms with Gasteiger partial charge < -0.3 is 10.3 Å². The quantitative estimate of drug-likeness (QED) is 0.598. The van der Waals surface area contributed by atoms with Crippen molar-refractivity contribution in [1.29, 1.82) is 0 Å². The molecule has 9 heteroatoms. The van der Waals surface area contributed by atoms with Crippen molar-refractivity contribution in [3.8, 4) is 0 Å². The number of H-pyrrole nitrogens is 1. The second-order valence-corrected chi connectivity index (χ2v) is 7.18. The van der Waals surface area contributed by atoms with Crippen molar-refractivity contribution >= 4 is 27.7 Å². The predicted octanol–water partition coefficient (Wildman–Crippen LogP) is 0.0869. The van der Waals surface area contributed by atoms with Crippen LogP contribution in [0.15, 0.2) is 12.5 Å². The molecular formula is C11H20N4O3S2. The molecule has 0 spiro atoms. The molecule has 0 aliphatic heterocycles. The van der Waals surface area contributed by atoms with Crippen LogP contribution in [0.2, 0.25) is 0 Å². The topological polar surface area (TPSA) is 104 Å². The highest BCUT2D eigenvalue weighted by atomic mass is 32.2. The Morgan fingerprint density at radius 2 is 2.30 bits per heavy atom. The first-order chi connectivity index (χ1) is 9.48. The van der Waals surface area contributed by atoms with Crippen molar-refractivity contribution < 1.29 is 13.2 Å². The lowest BCUT2D eigenvalue weighted by atomic mass is 10.2. The Morgan fingerprint density at radius 3 is 2.85 bits per heavy atom. The molecule has 0 saturated carbocycles. The molecule has 0 aliphatic rings. The monoisotopic (exact) mass is 320 g/mol. The Morgan fingerprint density at radius 1 is 1.55 bits per heavy atom. The predicted molar refractivity (Wildman–Crippen MR) is 79.8 cm³/mol. The van der Waals surface area contributed by atoms with E-state index in [2.05, 4.69) is 20.0 Å². The van der Waals surface area contributed by atoms with Gasteiger partial charge in [-0.25, -0.2) is 18.1 Å². The summed E-state index contributed by atoms with van der Waals surface area (Å²) in [6.07, 6.45) is 5.49. The van der Waals surface area contributed by atoms with Crippen molar-refractivity contribution in [3.05, 3.63) is 18.2 Å². The highest BCUT2D eigenvalue weighted by molar-refractivity contribution is 7.98. The van der Waals surface area contributed by atoms with Gasteiger partial charge >= 0.3 is 0 Å². The SMILES string of the molecule is CCS(=O)(=O)NC(CCSC)C(=O)NCc1cnc[nH]1. The minimum atomic E-state index is -3.41. The Bertz CT molecular complexity index is 502. The first-order valence-corrected chi connectivity index (χ1v) is 9.27. The van der Waals surface area contributed by atoms with Crippen LogP contribution in [-0.4, -0.2) is 48.1 Å². The molecule has 0 radical (unpaired) electrons. The molecule has 20 heavy (non-hydrogen) atoms. The number of nitrogens with one attached hydrogen (secondary N) is 3. The first kappa shape index (κ1) is 17.0. The average molecular weight is 320 g/mol. The van der Waals surface area contributed by atoms with E-state index < -0.39 is 16.1 Å². The van der Waals surface area contributed by atoms with Gasteiger partial charge in [-0.3, -0.25) is 4.79 Å².